The van der Waals surface area contributed by atoms with Gasteiger partial charge in [0.1, 0.15) is 12.2 Å². The van der Waals surface area contributed by atoms with Gasteiger partial charge in [0.05, 0.1) is 26.4 Å². The molecule has 2 aliphatic heterocycles. The van der Waals surface area contributed by atoms with Gasteiger partial charge in [0.15, 0.2) is 0 Å². The Labute approximate surface area is 91.7 Å². The second-order valence-corrected chi connectivity index (χ2v) is 3.52. The van der Waals surface area contributed by atoms with E-state index in [-0.39, 0.29) is 0 Å². The number of rotatable bonds is 6. The minimum absolute atomic E-state index is 0.392. The highest BCUT2D eigenvalue weighted by Gasteiger charge is 2.26. The molecule has 2 aliphatic rings. The van der Waals surface area contributed by atoms with Crippen LogP contribution in [0.15, 0.2) is 24.8 Å². The topological polar surface area (TPSA) is 34.3 Å². The molecule has 2 unspecified atom stereocenters. The summed E-state index contributed by atoms with van der Waals surface area (Å²) in [5.74, 6) is 0. The van der Waals surface area contributed by atoms with E-state index in [0.717, 1.165) is 32.8 Å². The first-order valence-corrected chi connectivity index (χ1v) is 5.45. The van der Waals surface area contributed by atoms with Crippen molar-refractivity contribution in [2.75, 3.05) is 26.4 Å². The summed E-state index contributed by atoms with van der Waals surface area (Å²) in [7, 11) is 0. The number of hydrogen-bond acceptors (Lipinski definition) is 3. The van der Waals surface area contributed by atoms with E-state index in [1.807, 2.05) is 6.08 Å². The van der Waals surface area contributed by atoms with Gasteiger partial charge in [-0.2, -0.15) is 0 Å². The van der Waals surface area contributed by atoms with Gasteiger partial charge < -0.3 is 14.2 Å². The molecule has 0 radical (unpaired) electrons. The Morgan fingerprint density at radius 3 is 2.07 bits per heavy atom. The molecule has 2 rings (SSSR count). The van der Waals surface area contributed by atoms with Crippen molar-refractivity contribution in [2.45, 2.75) is 25.6 Å². The summed E-state index contributed by atoms with van der Waals surface area (Å²) in [6.45, 7) is 8.87. The van der Waals surface area contributed by atoms with Gasteiger partial charge in [0.25, 0.3) is 0 Å². The molecule has 0 aromatic heterocycles. The Morgan fingerprint density at radius 1 is 1.27 bits per heavy atom. The van der Waals surface area contributed by atoms with Crippen molar-refractivity contribution < 1.29 is 14.2 Å². The second kappa shape index (κ2) is 7.63. The van der Waals surface area contributed by atoms with Crippen LogP contribution in [-0.4, -0.2) is 38.6 Å². The quantitative estimate of drug-likeness (QED) is 0.498. The monoisotopic (exact) mass is 212 g/mol. The first kappa shape index (κ1) is 12.4. The normalized spacial score (nSPS) is 27.0. The predicted molar refractivity (Wildman–Crippen MR) is 59.9 cm³/mol. The number of allylic oxidation sites excluding steroid dienone is 3. The van der Waals surface area contributed by atoms with E-state index < -0.39 is 0 Å². The van der Waals surface area contributed by atoms with Crippen LogP contribution in [0, 0.1) is 0 Å². The molecule has 0 aromatic carbocycles. The molecule has 0 spiro atoms. The average Bonchev–Trinajstić information content (AvgIpc) is 3.08. The molecule has 0 amide bonds. The first-order chi connectivity index (χ1) is 7.36. The molecule has 0 N–H and O–H groups in total. The van der Waals surface area contributed by atoms with Crippen molar-refractivity contribution in [3.8, 4) is 0 Å². The van der Waals surface area contributed by atoms with Crippen LogP contribution in [0.2, 0.25) is 0 Å². The van der Waals surface area contributed by atoms with E-state index in [9.17, 15) is 0 Å². The Morgan fingerprint density at radius 2 is 1.80 bits per heavy atom. The van der Waals surface area contributed by atoms with Crippen molar-refractivity contribution >= 4 is 0 Å². The Balaban J connectivity index is 0.000000167. The van der Waals surface area contributed by atoms with Crippen LogP contribution in [0.1, 0.15) is 13.3 Å². The standard InChI is InChI=1S/C6H10O3.C6H10/c1(5-3-8-5)7-2-6-4-9-6;1-3-5-6-4-2/h5-6H,1-4H2;3,5-6H,1,4H2,2H3. The molecule has 15 heavy (non-hydrogen) atoms. The van der Waals surface area contributed by atoms with Crippen molar-refractivity contribution in [2.24, 2.45) is 0 Å². The SMILES string of the molecule is C(OCC1CO1)C1CO1.C=CC=CCC. The van der Waals surface area contributed by atoms with Gasteiger partial charge in [0, 0.05) is 0 Å². The molecule has 2 atom stereocenters. The van der Waals surface area contributed by atoms with E-state index >= 15 is 0 Å². The van der Waals surface area contributed by atoms with Gasteiger partial charge in [-0.25, -0.2) is 0 Å². The van der Waals surface area contributed by atoms with Crippen molar-refractivity contribution in [3.63, 3.8) is 0 Å². The van der Waals surface area contributed by atoms with Gasteiger partial charge in [-0.3, -0.25) is 0 Å². The highest BCUT2D eigenvalue weighted by molar-refractivity contribution is 4.96. The highest BCUT2D eigenvalue weighted by atomic mass is 16.6. The first-order valence-electron chi connectivity index (χ1n) is 5.45. The second-order valence-electron chi connectivity index (χ2n) is 3.52. The fraction of sp³-hybridized carbons (Fsp3) is 0.667. The minimum atomic E-state index is 0.392. The van der Waals surface area contributed by atoms with Crippen LogP contribution in [0.5, 0.6) is 0 Å². The minimum Gasteiger partial charge on any atom is -0.376 e. The van der Waals surface area contributed by atoms with E-state index in [1.165, 1.54) is 0 Å². The number of hydrogen-bond donors (Lipinski definition) is 0. The maximum Gasteiger partial charge on any atom is 0.104 e. The molecule has 2 heterocycles. The summed E-state index contributed by atoms with van der Waals surface area (Å²) in [4.78, 5) is 0. The Kier molecular flexibility index (Phi) is 6.32. The highest BCUT2D eigenvalue weighted by Crippen LogP contribution is 2.12. The van der Waals surface area contributed by atoms with Crippen molar-refractivity contribution in [1.82, 2.24) is 0 Å². The largest absolute Gasteiger partial charge is 0.376 e. The van der Waals surface area contributed by atoms with E-state index in [1.54, 1.807) is 6.08 Å². The molecule has 0 bridgehead atoms. The van der Waals surface area contributed by atoms with E-state index in [4.69, 9.17) is 14.2 Å². The molecule has 3 heteroatoms. The van der Waals surface area contributed by atoms with Crippen LogP contribution in [0.25, 0.3) is 0 Å². The predicted octanol–water partition coefficient (Wildman–Crippen LogP) is 1.94. The molecule has 2 saturated heterocycles. The van der Waals surface area contributed by atoms with Gasteiger partial charge in [0.2, 0.25) is 0 Å². The maximum absolute atomic E-state index is 5.23. The Bertz CT molecular complexity index is 181. The summed E-state index contributed by atoms with van der Waals surface area (Å²) < 4.78 is 15.1. The Hall–Kier alpha value is -0.640. The lowest BCUT2D eigenvalue weighted by atomic mass is 10.4. The van der Waals surface area contributed by atoms with Gasteiger partial charge in [-0.1, -0.05) is 31.7 Å². The van der Waals surface area contributed by atoms with Crippen LogP contribution in [-0.2, 0) is 14.2 Å². The summed E-state index contributed by atoms with van der Waals surface area (Å²) in [5, 5.41) is 0. The summed E-state index contributed by atoms with van der Waals surface area (Å²) >= 11 is 0. The van der Waals surface area contributed by atoms with Crippen LogP contribution in [0.4, 0.5) is 0 Å². The molecule has 0 aliphatic carbocycles. The van der Waals surface area contributed by atoms with E-state index in [0.29, 0.717) is 12.2 Å². The lowest BCUT2D eigenvalue weighted by molar-refractivity contribution is 0.102. The van der Waals surface area contributed by atoms with Gasteiger partial charge >= 0.3 is 0 Å². The zero-order valence-electron chi connectivity index (χ0n) is 9.35. The van der Waals surface area contributed by atoms with Crippen molar-refractivity contribution in [1.29, 1.82) is 0 Å². The van der Waals surface area contributed by atoms with Crippen LogP contribution < -0.4 is 0 Å². The lowest BCUT2D eigenvalue weighted by Crippen LogP contribution is -2.06. The van der Waals surface area contributed by atoms with E-state index in [2.05, 4.69) is 19.6 Å². The molecular weight excluding hydrogens is 192 g/mol. The van der Waals surface area contributed by atoms with Crippen molar-refractivity contribution in [3.05, 3.63) is 24.8 Å². The number of ether oxygens (including phenoxy) is 3. The molecule has 3 nitrogen and oxygen atoms in total. The average molecular weight is 212 g/mol. The third-order valence-electron chi connectivity index (χ3n) is 1.92. The zero-order valence-corrected chi connectivity index (χ0v) is 9.35. The fourth-order valence-corrected chi connectivity index (χ4v) is 0.892. The van der Waals surface area contributed by atoms with Crippen LogP contribution in [0.3, 0.4) is 0 Å². The number of epoxide rings is 2. The molecule has 0 saturated carbocycles. The third-order valence-corrected chi connectivity index (χ3v) is 1.92. The molecular formula is C12H20O3. The van der Waals surface area contributed by atoms with Gasteiger partial charge in [-0.05, 0) is 6.42 Å². The summed E-state index contributed by atoms with van der Waals surface area (Å²) in [6.07, 6.45) is 7.68. The molecule has 86 valence electrons. The maximum atomic E-state index is 5.23. The summed E-state index contributed by atoms with van der Waals surface area (Å²) in [5.41, 5.74) is 0. The molecule has 2 fully saturated rings. The van der Waals surface area contributed by atoms with Crippen LogP contribution >= 0.6 is 0 Å². The molecule has 0 aromatic rings. The smallest absolute Gasteiger partial charge is 0.104 e. The van der Waals surface area contributed by atoms with Gasteiger partial charge in [-0.15, -0.1) is 0 Å². The third kappa shape index (κ3) is 8.36. The lowest BCUT2D eigenvalue weighted by Gasteiger charge is -1.95. The summed E-state index contributed by atoms with van der Waals surface area (Å²) in [6, 6.07) is 0. The zero-order chi connectivity index (χ0) is 10.9. The fourth-order valence-electron chi connectivity index (χ4n) is 0.892.